The number of amides is 1. The standard InChI is InChI=1S/C56H67FN4O9Si/c1-12-25-60(26-13-2)45-38-29-36-28-37-40(48(66-31-33-20-16-14-17-21-33)46-41(43(37)57)44-35(24-27-59(44)9)30-61(46)53(65)68-54(3,4)5)47(62)39(36)50(63)56(38,70-71(10,11)55(6,7)8)51(64)42-49(45)69-58-52(42)67-32-34-22-18-15-19-23-34/h12-23,35-36,38,44-45,63H,1-2,24-32H2,3-11H3/t35?,36-,38-,44?,45-,56-/m0/s1. The fraction of sp³-hybridized carbons (Fsp3) is 0.464. The first-order chi connectivity index (χ1) is 33.6. The monoisotopic (exact) mass is 986 g/mol. The summed E-state index contributed by atoms with van der Waals surface area (Å²) in [4.78, 5) is 52.3. The molecule has 0 spiro atoms. The highest BCUT2D eigenvalue weighted by Gasteiger charge is 2.68. The van der Waals surface area contributed by atoms with Crippen LogP contribution in [0.2, 0.25) is 18.1 Å². The van der Waals surface area contributed by atoms with Crippen LogP contribution in [-0.2, 0) is 28.8 Å². The van der Waals surface area contributed by atoms with Crippen LogP contribution in [0, 0.1) is 23.6 Å². The molecule has 1 saturated heterocycles. The number of nitrogens with zero attached hydrogens (tertiary/aromatic N) is 4. The molecule has 6 atom stereocenters. The fourth-order valence-electron chi connectivity index (χ4n) is 11.4. The van der Waals surface area contributed by atoms with Crippen molar-refractivity contribution in [1.29, 1.82) is 0 Å². The topological polar surface area (TPSA) is 144 Å². The predicted molar refractivity (Wildman–Crippen MR) is 271 cm³/mol. The number of ether oxygens (including phenoxy) is 3. The lowest BCUT2D eigenvalue weighted by atomic mass is 9.58. The van der Waals surface area contributed by atoms with Crippen LogP contribution in [-0.4, -0.2) is 90.5 Å². The van der Waals surface area contributed by atoms with Gasteiger partial charge in [-0.1, -0.05) is 93.6 Å². The molecule has 1 fully saturated rings. The van der Waals surface area contributed by atoms with Crippen molar-refractivity contribution in [2.75, 3.05) is 38.1 Å². The lowest BCUT2D eigenvalue weighted by Gasteiger charge is -2.55. The zero-order chi connectivity index (χ0) is 50.9. The van der Waals surface area contributed by atoms with Crippen LogP contribution in [0.5, 0.6) is 11.6 Å². The van der Waals surface area contributed by atoms with E-state index in [1.54, 1.807) is 32.9 Å². The van der Waals surface area contributed by atoms with E-state index >= 15 is 14.0 Å². The highest BCUT2D eigenvalue weighted by atomic mass is 28.4. The second kappa shape index (κ2) is 18.6. The van der Waals surface area contributed by atoms with Crippen molar-refractivity contribution in [3.63, 3.8) is 0 Å². The number of aliphatic hydroxyl groups is 1. The van der Waals surface area contributed by atoms with Gasteiger partial charge in [0.25, 0.3) is 5.88 Å². The van der Waals surface area contributed by atoms with Crippen molar-refractivity contribution < 1.29 is 47.0 Å². The Labute approximate surface area is 417 Å². The Hall–Kier alpha value is -5.87. The maximum atomic E-state index is 18.4. The predicted octanol–water partition coefficient (Wildman–Crippen LogP) is 11.3. The number of hydrogen-bond acceptors (Lipinski definition) is 12. The van der Waals surface area contributed by atoms with Crippen molar-refractivity contribution in [3.05, 3.63) is 142 Å². The Morgan fingerprint density at radius 1 is 0.972 bits per heavy atom. The quantitative estimate of drug-likeness (QED) is 0.101. The Morgan fingerprint density at radius 3 is 2.18 bits per heavy atom. The molecule has 9 rings (SSSR count). The molecule has 13 nitrogen and oxygen atoms in total. The van der Waals surface area contributed by atoms with Gasteiger partial charge < -0.3 is 28.3 Å². The molecule has 1 amide bonds. The molecule has 3 aliphatic carbocycles. The normalized spacial score (nSPS) is 24.1. The molecule has 71 heavy (non-hydrogen) atoms. The first kappa shape index (κ1) is 50.1. The Balaban J connectivity index is 1.30. The summed E-state index contributed by atoms with van der Waals surface area (Å²) in [6.07, 6.45) is 3.58. The molecule has 0 radical (unpaired) electrons. The van der Waals surface area contributed by atoms with Crippen LogP contribution >= 0.6 is 0 Å². The first-order valence-electron chi connectivity index (χ1n) is 24.7. The molecular formula is C56H67FN4O9Si. The third kappa shape index (κ3) is 8.55. The van der Waals surface area contributed by atoms with Crippen molar-refractivity contribution >= 4 is 31.7 Å². The number of carbonyl (C=O) groups excluding carboxylic acids is 3. The smallest absolute Gasteiger partial charge is 0.414 e. The summed E-state index contributed by atoms with van der Waals surface area (Å²) in [5.74, 6) is -4.15. The largest absolute Gasteiger partial charge is 0.508 e. The molecule has 1 N–H and O–H groups in total. The third-order valence-corrected chi connectivity index (χ3v) is 20.0. The van der Waals surface area contributed by atoms with Gasteiger partial charge in [-0.05, 0) is 99.9 Å². The highest BCUT2D eigenvalue weighted by molar-refractivity contribution is 6.74. The molecule has 0 bridgehead atoms. The maximum Gasteiger partial charge on any atom is 0.414 e. The minimum absolute atomic E-state index is 0.00325. The van der Waals surface area contributed by atoms with E-state index in [9.17, 15) is 9.90 Å². The van der Waals surface area contributed by atoms with Crippen molar-refractivity contribution in [2.24, 2.45) is 17.8 Å². The van der Waals surface area contributed by atoms with Gasteiger partial charge in [0.15, 0.2) is 31.2 Å². The average molecular weight is 987 g/mol. The number of ketones is 2. The van der Waals surface area contributed by atoms with E-state index in [1.165, 1.54) is 4.90 Å². The van der Waals surface area contributed by atoms with Gasteiger partial charge in [0.2, 0.25) is 5.78 Å². The maximum absolute atomic E-state index is 18.4. The van der Waals surface area contributed by atoms with Gasteiger partial charge in [-0.15, -0.1) is 13.2 Å². The fourth-order valence-corrected chi connectivity index (χ4v) is 12.8. The summed E-state index contributed by atoms with van der Waals surface area (Å²) in [5, 5.41) is 17.4. The zero-order valence-electron chi connectivity index (χ0n) is 42.5. The van der Waals surface area contributed by atoms with Gasteiger partial charge in [-0.2, -0.15) is 0 Å². The van der Waals surface area contributed by atoms with Gasteiger partial charge in [-0.25, -0.2) is 9.18 Å². The van der Waals surface area contributed by atoms with Gasteiger partial charge in [-0.3, -0.25) is 24.3 Å². The molecule has 3 heterocycles. The second-order valence-electron chi connectivity index (χ2n) is 22.3. The summed E-state index contributed by atoms with van der Waals surface area (Å²) >= 11 is 0. The number of allylic oxidation sites excluding steroid dienone is 1. The number of benzene rings is 3. The summed E-state index contributed by atoms with van der Waals surface area (Å²) in [5.41, 5.74) is -1.11. The molecule has 4 aromatic rings. The minimum Gasteiger partial charge on any atom is -0.508 e. The lowest BCUT2D eigenvalue weighted by Crippen LogP contribution is -2.65. The van der Waals surface area contributed by atoms with Crippen LogP contribution in [0.3, 0.4) is 0 Å². The van der Waals surface area contributed by atoms with Crippen LogP contribution in [0.4, 0.5) is 14.9 Å². The summed E-state index contributed by atoms with van der Waals surface area (Å²) < 4.78 is 51.2. The number of fused-ring (bicyclic) bond motifs is 7. The molecule has 1 aromatic heterocycles. The molecule has 0 saturated carbocycles. The summed E-state index contributed by atoms with van der Waals surface area (Å²) in [6, 6.07) is 17.6. The number of aliphatic hydroxyl groups excluding tert-OH is 1. The van der Waals surface area contributed by atoms with Crippen molar-refractivity contribution in [3.8, 4) is 11.6 Å². The molecule has 15 heteroatoms. The van der Waals surface area contributed by atoms with Crippen LogP contribution in [0.15, 0.2) is 102 Å². The molecule has 5 aliphatic rings. The number of hydrogen-bond donors (Lipinski definition) is 1. The first-order valence-corrected chi connectivity index (χ1v) is 27.6. The molecule has 2 aliphatic heterocycles. The number of likely N-dealkylation sites (tertiary alicyclic amines) is 1. The number of halogens is 1. The van der Waals surface area contributed by atoms with E-state index in [2.05, 4.69) is 23.2 Å². The minimum atomic E-state index is -3.11. The highest BCUT2D eigenvalue weighted by Crippen LogP contribution is 2.62. The molecule has 3 aromatic carbocycles. The molecule has 376 valence electrons. The van der Waals surface area contributed by atoms with E-state index in [4.69, 9.17) is 23.2 Å². The van der Waals surface area contributed by atoms with Gasteiger partial charge >= 0.3 is 6.09 Å². The zero-order valence-corrected chi connectivity index (χ0v) is 43.5. The lowest BCUT2D eigenvalue weighted by molar-refractivity contribution is -0.0525. The molecular weight excluding hydrogens is 920 g/mol. The van der Waals surface area contributed by atoms with Crippen LogP contribution in [0.1, 0.15) is 115 Å². The van der Waals surface area contributed by atoms with E-state index < -0.39 is 77.7 Å². The second-order valence-corrected chi connectivity index (χ2v) is 27.1. The summed E-state index contributed by atoms with van der Waals surface area (Å²) in [7, 11) is -1.16. The van der Waals surface area contributed by atoms with Gasteiger partial charge in [0.05, 0.1) is 17.3 Å². The number of rotatable bonds is 13. The van der Waals surface area contributed by atoms with E-state index in [0.717, 1.165) is 11.1 Å². The Bertz CT molecular complexity index is 2790. The van der Waals surface area contributed by atoms with Crippen LogP contribution in [0.25, 0.3) is 0 Å². The van der Waals surface area contributed by atoms with E-state index in [0.29, 0.717) is 26.1 Å². The van der Waals surface area contributed by atoms with Crippen molar-refractivity contribution in [2.45, 2.75) is 115 Å². The van der Waals surface area contributed by atoms with Crippen LogP contribution < -0.4 is 14.4 Å². The number of carbonyl (C=O) groups is 3. The Kier molecular flexibility index (Phi) is 13.1. The third-order valence-electron chi connectivity index (χ3n) is 15.6. The SMILES string of the molecule is C=CCN(CC=C)[C@@H]1c2onc(OCc3ccccc3)c2C(=O)[C@@]2(O[Si](C)(C)C(C)(C)C)C(O)=C3C(=O)c4c(c(F)c5c(c4OCc4ccccc4)N(C(=O)OC(C)(C)C)CC4CCN(C)C54)C[C@H]3C[C@@H]12. The number of aromatic nitrogens is 1. The number of Topliss-reactive ketones (excluding diaryl/α,β-unsaturated/α-hetero) is 2. The Morgan fingerprint density at radius 2 is 1.59 bits per heavy atom. The average Bonchev–Trinajstić information content (AvgIpc) is 3.91. The van der Waals surface area contributed by atoms with E-state index in [1.807, 2.05) is 106 Å². The molecule has 2 unspecified atom stereocenters. The summed E-state index contributed by atoms with van der Waals surface area (Å²) in [6.45, 7) is 25.1. The van der Waals surface area contributed by atoms with E-state index in [-0.39, 0.29) is 89.4 Å². The number of anilines is 1. The van der Waals surface area contributed by atoms with Gasteiger partial charge in [0.1, 0.15) is 36.0 Å². The van der Waals surface area contributed by atoms with Crippen molar-refractivity contribution in [1.82, 2.24) is 15.0 Å². The van der Waals surface area contributed by atoms with Gasteiger partial charge in [0, 0.05) is 48.3 Å².